The maximum atomic E-state index is 12.2. The van der Waals surface area contributed by atoms with E-state index in [0.717, 1.165) is 5.56 Å². The number of hydrogen-bond acceptors (Lipinski definition) is 5. The Bertz CT molecular complexity index is 1300. The zero-order chi connectivity index (χ0) is 26.8. The van der Waals surface area contributed by atoms with E-state index in [0.29, 0.717) is 44.3 Å². The minimum Gasteiger partial charge on any atom is -0.490 e. The third-order valence-electron chi connectivity index (χ3n) is 4.89. The fourth-order valence-electron chi connectivity index (χ4n) is 3.05. The molecule has 3 rings (SSSR count). The van der Waals surface area contributed by atoms with E-state index in [9.17, 15) is 9.59 Å². The number of hydrogen-bond donors (Lipinski definition) is 2. The molecule has 0 bridgehead atoms. The van der Waals surface area contributed by atoms with Crippen molar-refractivity contribution in [2.75, 3.05) is 13.2 Å². The second-order valence-electron chi connectivity index (χ2n) is 7.59. The van der Waals surface area contributed by atoms with Crippen molar-refractivity contribution in [1.29, 1.82) is 0 Å². The first-order valence-corrected chi connectivity index (χ1v) is 12.7. The standard InChI is InChI=1S/C26H23Cl4N3O4/c1-2-36-24-11-16(3-8-23(24)37-15-18-4-6-19(27)13-21(18)29)14-32-33-25(34)9-10-31-26(35)17-5-7-20(28)22(30)12-17/h3-8,11-14H,2,9-10,15H2,1H3,(H,31,35)(H,33,34). The molecule has 2 N–H and O–H groups in total. The maximum absolute atomic E-state index is 12.2. The fourth-order valence-corrected chi connectivity index (χ4v) is 3.81. The number of ether oxygens (including phenoxy) is 2. The van der Waals surface area contributed by atoms with E-state index in [1.54, 1.807) is 42.5 Å². The van der Waals surface area contributed by atoms with Crippen molar-refractivity contribution >= 4 is 64.4 Å². The van der Waals surface area contributed by atoms with Gasteiger partial charge in [-0.1, -0.05) is 52.5 Å². The van der Waals surface area contributed by atoms with Gasteiger partial charge in [-0.05, 0) is 61.0 Å². The first-order chi connectivity index (χ1) is 17.8. The van der Waals surface area contributed by atoms with Gasteiger partial charge in [0.2, 0.25) is 5.91 Å². The molecular weight excluding hydrogens is 560 g/mol. The molecule has 11 heteroatoms. The molecular formula is C26H23Cl4N3O4. The summed E-state index contributed by atoms with van der Waals surface area (Å²) in [6.07, 6.45) is 1.52. The third kappa shape index (κ3) is 8.83. The van der Waals surface area contributed by atoms with Gasteiger partial charge in [0.15, 0.2) is 11.5 Å². The van der Waals surface area contributed by atoms with Gasteiger partial charge in [0, 0.05) is 34.1 Å². The highest BCUT2D eigenvalue weighted by Crippen LogP contribution is 2.30. The number of halogens is 4. The minimum atomic E-state index is -0.365. The van der Waals surface area contributed by atoms with Crippen LogP contribution in [0, 0.1) is 0 Å². The zero-order valence-electron chi connectivity index (χ0n) is 19.7. The van der Waals surface area contributed by atoms with E-state index in [1.807, 2.05) is 6.92 Å². The molecule has 194 valence electrons. The lowest BCUT2D eigenvalue weighted by atomic mass is 10.2. The molecule has 0 atom stereocenters. The van der Waals surface area contributed by atoms with Gasteiger partial charge in [-0.2, -0.15) is 5.10 Å². The van der Waals surface area contributed by atoms with Crippen molar-refractivity contribution in [2.24, 2.45) is 5.10 Å². The van der Waals surface area contributed by atoms with Gasteiger partial charge in [0.05, 0.1) is 22.9 Å². The molecule has 7 nitrogen and oxygen atoms in total. The van der Waals surface area contributed by atoms with E-state index >= 15 is 0 Å². The lowest BCUT2D eigenvalue weighted by Crippen LogP contribution is -2.29. The number of carbonyl (C=O) groups is 2. The van der Waals surface area contributed by atoms with Gasteiger partial charge in [-0.3, -0.25) is 9.59 Å². The summed E-state index contributed by atoms with van der Waals surface area (Å²) < 4.78 is 11.6. The van der Waals surface area contributed by atoms with Gasteiger partial charge < -0.3 is 14.8 Å². The van der Waals surface area contributed by atoms with E-state index in [4.69, 9.17) is 55.9 Å². The molecule has 0 spiro atoms. The van der Waals surface area contributed by atoms with Gasteiger partial charge in [0.1, 0.15) is 6.61 Å². The van der Waals surface area contributed by atoms with Gasteiger partial charge in [-0.15, -0.1) is 0 Å². The molecule has 0 saturated heterocycles. The summed E-state index contributed by atoms with van der Waals surface area (Å²) in [5.41, 5.74) is 4.25. The average Bonchev–Trinajstić information content (AvgIpc) is 2.86. The monoisotopic (exact) mass is 581 g/mol. The summed E-state index contributed by atoms with van der Waals surface area (Å²) in [7, 11) is 0. The predicted molar refractivity (Wildman–Crippen MR) is 148 cm³/mol. The summed E-state index contributed by atoms with van der Waals surface area (Å²) in [6, 6.07) is 15.0. The Morgan fingerprint density at radius 2 is 1.70 bits per heavy atom. The van der Waals surface area contributed by atoms with Crippen molar-refractivity contribution in [2.45, 2.75) is 20.0 Å². The summed E-state index contributed by atoms with van der Waals surface area (Å²) in [4.78, 5) is 24.2. The Kier molecular flexibility index (Phi) is 10.9. The largest absolute Gasteiger partial charge is 0.490 e. The highest BCUT2D eigenvalue weighted by molar-refractivity contribution is 6.42. The molecule has 0 aromatic heterocycles. The molecule has 0 fully saturated rings. The molecule has 2 amide bonds. The Morgan fingerprint density at radius 3 is 2.43 bits per heavy atom. The summed E-state index contributed by atoms with van der Waals surface area (Å²) in [6.45, 7) is 2.66. The second kappa shape index (κ2) is 14.1. The summed E-state index contributed by atoms with van der Waals surface area (Å²) >= 11 is 23.9. The van der Waals surface area contributed by atoms with Crippen LogP contribution in [0.1, 0.15) is 34.8 Å². The van der Waals surface area contributed by atoms with E-state index in [2.05, 4.69) is 15.8 Å². The number of hydrazone groups is 1. The van der Waals surface area contributed by atoms with Crippen molar-refractivity contribution in [3.05, 3.63) is 91.4 Å². The normalized spacial score (nSPS) is 10.8. The zero-order valence-corrected chi connectivity index (χ0v) is 22.7. The molecule has 37 heavy (non-hydrogen) atoms. The van der Waals surface area contributed by atoms with Crippen LogP contribution < -0.4 is 20.2 Å². The number of nitrogens with one attached hydrogen (secondary N) is 2. The summed E-state index contributed by atoms with van der Waals surface area (Å²) in [5.74, 6) is 0.328. The molecule has 3 aromatic rings. The van der Waals surface area contributed by atoms with Crippen LogP contribution in [0.3, 0.4) is 0 Å². The smallest absolute Gasteiger partial charge is 0.251 e. The quantitative estimate of drug-likeness (QED) is 0.198. The Balaban J connectivity index is 1.50. The SMILES string of the molecule is CCOc1cc(C=NNC(=O)CCNC(=O)c2ccc(Cl)c(Cl)c2)ccc1OCc1ccc(Cl)cc1Cl. The Labute approximate surface area is 234 Å². The van der Waals surface area contributed by atoms with Crippen LogP contribution in [0.25, 0.3) is 0 Å². The summed E-state index contributed by atoms with van der Waals surface area (Å²) in [5, 5.41) is 8.31. The minimum absolute atomic E-state index is 0.0363. The Hall–Kier alpha value is -2.97. The number of nitrogens with zero attached hydrogens (tertiary/aromatic N) is 1. The molecule has 0 radical (unpaired) electrons. The Morgan fingerprint density at radius 1 is 0.892 bits per heavy atom. The number of carbonyl (C=O) groups excluding carboxylic acids is 2. The number of rotatable bonds is 11. The van der Waals surface area contributed by atoms with Crippen LogP contribution in [0.5, 0.6) is 11.5 Å². The molecule has 0 unspecified atom stereocenters. The van der Waals surface area contributed by atoms with Gasteiger partial charge in [-0.25, -0.2) is 5.43 Å². The van der Waals surface area contributed by atoms with Gasteiger partial charge in [0.25, 0.3) is 5.91 Å². The number of benzene rings is 3. The molecule has 0 aliphatic heterocycles. The maximum Gasteiger partial charge on any atom is 0.251 e. The van der Waals surface area contributed by atoms with Crippen molar-refractivity contribution < 1.29 is 19.1 Å². The highest BCUT2D eigenvalue weighted by Gasteiger charge is 2.10. The molecule has 3 aromatic carbocycles. The molecule has 0 saturated carbocycles. The molecule has 0 aliphatic rings. The van der Waals surface area contributed by atoms with Gasteiger partial charge >= 0.3 is 0 Å². The first kappa shape index (κ1) is 28.6. The van der Waals surface area contributed by atoms with Crippen LogP contribution in [0.2, 0.25) is 20.1 Å². The lowest BCUT2D eigenvalue weighted by molar-refractivity contribution is -0.120. The fraction of sp³-hybridized carbons (Fsp3) is 0.192. The predicted octanol–water partition coefficient (Wildman–Crippen LogP) is 6.55. The van der Waals surface area contributed by atoms with Crippen molar-refractivity contribution in [3.8, 4) is 11.5 Å². The topological polar surface area (TPSA) is 89.0 Å². The highest BCUT2D eigenvalue weighted by atomic mass is 35.5. The second-order valence-corrected chi connectivity index (χ2v) is 9.25. The lowest BCUT2D eigenvalue weighted by Gasteiger charge is -2.13. The van der Waals surface area contributed by atoms with E-state index < -0.39 is 0 Å². The van der Waals surface area contributed by atoms with Crippen molar-refractivity contribution in [1.82, 2.24) is 10.7 Å². The molecule has 0 heterocycles. The van der Waals surface area contributed by atoms with Crippen LogP contribution in [0.4, 0.5) is 0 Å². The first-order valence-electron chi connectivity index (χ1n) is 11.2. The van der Waals surface area contributed by atoms with Crippen LogP contribution in [-0.4, -0.2) is 31.2 Å². The third-order valence-corrected chi connectivity index (χ3v) is 6.21. The van der Waals surface area contributed by atoms with E-state index in [-0.39, 0.29) is 36.4 Å². The van der Waals surface area contributed by atoms with Crippen LogP contribution >= 0.6 is 46.4 Å². The molecule has 0 aliphatic carbocycles. The number of amides is 2. The van der Waals surface area contributed by atoms with E-state index in [1.165, 1.54) is 18.3 Å². The average molecular weight is 583 g/mol. The van der Waals surface area contributed by atoms with Crippen LogP contribution in [-0.2, 0) is 11.4 Å². The van der Waals surface area contributed by atoms with Crippen LogP contribution in [0.15, 0.2) is 59.7 Å². The van der Waals surface area contributed by atoms with Crippen molar-refractivity contribution in [3.63, 3.8) is 0 Å².